The van der Waals surface area contributed by atoms with Crippen LogP contribution in [-0.4, -0.2) is 33.9 Å². The van der Waals surface area contributed by atoms with Crippen LogP contribution in [0.15, 0.2) is 6.33 Å². The van der Waals surface area contributed by atoms with Crippen LogP contribution in [0.1, 0.15) is 37.5 Å². The van der Waals surface area contributed by atoms with E-state index in [1.54, 1.807) is 11.0 Å². The summed E-state index contributed by atoms with van der Waals surface area (Å²) in [6.07, 6.45) is 3.93. The number of ether oxygens (including phenoxy) is 1. The molecule has 0 aliphatic heterocycles. The first kappa shape index (κ1) is 11.1. The predicted molar refractivity (Wildman–Crippen MR) is 56.7 cm³/mol. The van der Waals surface area contributed by atoms with Crippen LogP contribution >= 0.6 is 0 Å². The second kappa shape index (κ2) is 4.21. The fourth-order valence-corrected chi connectivity index (χ4v) is 1.51. The molecule has 0 bridgehead atoms. The van der Waals surface area contributed by atoms with Crippen LogP contribution in [-0.2, 0) is 9.53 Å². The summed E-state index contributed by atoms with van der Waals surface area (Å²) < 4.78 is 6.23. The maximum atomic E-state index is 11.3. The molecule has 16 heavy (non-hydrogen) atoms. The highest BCUT2D eigenvalue weighted by Gasteiger charge is 2.29. The summed E-state index contributed by atoms with van der Waals surface area (Å²) in [5.74, 6) is 0.919. The summed E-state index contributed by atoms with van der Waals surface area (Å²) >= 11 is 0. The fraction of sp³-hybridized carbons (Fsp3) is 0.700. The Morgan fingerprint density at radius 3 is 2.94 bits per heavy atom. The van der Waals surface area contributed by atoms with Crippen molar-refractivity contribution >= 4 is 5.97 Å². The quantitative estimate of drug-likeness (QED) is 0.739. The molecule has 1 aliphatic carbocycles. The number of hydrogen-bond acceptors (Lipinski definition) is 5. The molecule has 0 aromatic carbocycles. The Hall–Kier alpha value is -1.43. The maximum absolute atomic E-state index is 11.3. The molecular formula is C10H16N4O2. The summed E-state index contributed by atoms with van der Waals surface area (Å²) in [4.78, 5) is 15.5. The van der Waals surface area contributed by atoms with Gasteiger partial charge in [-0.15, -0.1) is 0 Å². The van der Waals surface area contributed by atoms with E-state index in [0.29, 0.717) is 5.92 Å². The minimum absolute atomic E-state index is 0.243. The van der Waals surface area contributed by atoms with Gasteiger partial charge in [-0.2, -0.15) is 5.10 Å². The lowest BCUT2D eigenvalue weighted by atomic mass is 10.1. The fourth-order valence-electron chi connectivity index (χ4n) is 1.51. The molecular weight excluding hydrogens is 208 g/mol. The van der Waals surface area contributed by atoms with E-state index in [1.165, 1.54) is 7.11 Å². The van der Waals surface area contributed by atoms with Crippen LogP contribution in [0.4, 0.5) is 0 Å². The third-order valence-corrected chi connectivity index (χ3v) is 2.88. The summed E-state index contributed by atoms with van der Waals surface area (Å²) in [6, 6.07) is -0.953. The number of methoxy groups -OCH3 is 1. The van der Waals surface area contributed by atoms with Gasteiger partial charge in [0.2, 0.25) is 0 Å². The molecule has 0 saturated heterocycles. The summed E-state index contributed by atoms with van der Waals surface area (Å²) in [7, 11) is 1.33. The second-order valence-electron chi connectivity index (χ2n) is 4.15. The molecule has 6 heteroatoms. The molecule has 1 aliphatic rings. The van der Waals surface area contributed by atoms with Crippen molar-refractivity contribution in [2.75, 3.05) is 7.11 Å². The number of carbonyl (C=O) groups is 1. The molecule has 88 valence electrons. The molecule has 6 nitrogen and oxygen atoms in total. The Labute approximate surface area is 93.8 Å². The number of aromatic nitrogens is 3. The van der Waals surface area contributed by atoms with Crippen molar-refractivity contribution in [3.8, 4) is 0 Å². The first-order chi connectivity index (χ1) is 7.63. The van der Waals surface area contributed by atoms with E-state index in [1.807, 2.05) is 6.92 Å². The smallest absolute Gasteiger partial charge is 0.324 e. The van der Waals surface area contributed by atoms with Crippen LogP contribution in [0.2, 0.25) is 0 Å². The number of rotatable bonds is 4. The van der Waals surface area contributed by atoms with Crippen LogP contribution in [0, 0.1) is 0 Å². The Bertz CT molecular complexity index is 386. The lowest BCUT2D eigenvalue weighted by Crippen LogP contribution is -2.39. The van der Waals surface area contributed by atoms with Crippen LogP contribution in [0.25, 0.3) is 0 Å². The zero-order valence-corrected chi connectivity index (χ0v) is 9.46. The van der Waals surface area contributed by atoms with Gasteiger partial charge in [0.1, 0.15) is 12.4 Å². The zero-order valence-electron chi connectivity index (χ0n) is 9.46. The number of hydrogen-bond donors (Lipinski definition) is 1. The molecule has 2 unspecified atom stereocenters. The van der Waals surface area contributed by atoms with E-state index >= 15 is 0 Å². The number of carbonyl (C=O) groups excluding carboxylic acids is 1. The lowest BCUT2D eigenvalue weighted by molar-refractivity contribution is -0.143. The topological polar surface area (TPSA) is 83.0 Å². The Morgan fingerprint density at radius 1 is 1.69 bits per heavy atom. The molecule has 1 saturated carbocycles. The molecule has 2 N–H and O–H groups in total. The number of esters is 1. The van der Waals surface area contributed by atoms with Gasteiger partial charge in [0.15, 0.2) is 5.82 Å². The van der Waals surface area contributed by atoms with Gasteiger partial charge in [-0.1, -0.05) is 0 Å². The average Bonchev–Trinajstić information content (AvgIpc) is 3.04. The first-order valence-electron chi connectivity index (χ1n) is 5.38. The molecule has 1 fully saturated rings. The van der Waals surface area contributed by atoms with Gasteiger partial charge in [0.05, 0.1) is 13.2 Å². The molecule has 0 amide bonds. The average molecular weight is 224 g/mol. The predicted octanol–water partition coefficient (Wildman–Crippen LogP) is 0.217. The third kappa shape index (κ3) is 2.06. The normalized spacial score (nSPS) is 19.2. The summed E-state index contributed by atoms with van der Waals surface area (Å²) in [5, 5.41) is 4.33. The Morgan fingerprint density at radius 2 is 2.38 bits per heavy atom. The van der Waals surface area contributed by atoms with Crippen molar-refractivity contribution in [1.29, 1.82) is 0 Å². The van der Waals surface area contributed by atoms with E-state index in [4.69, 9.17) is 5.73 Å². The highest BCUT2D eigenvalue weighted by Crippen LogP contribution is 2.37. The molecule has 0 spiro atoms. The van der Waals surface area contributed by atoms with E-state index in [9.17, 15) is 4.79 Å². The van der Waals surface area contributed by atoms with Crippen LogP contribution in [0.5, 0.6) is 0 Å². The number of nitrogens with zero attached hydrogens (tertiary/aromatic N) is 3. The Balaban J connectivity index is 2.07. The molecule has 2 atom stereocenters. The van der Waals surface area contributed by atoms with Crippen LogP contribution in [0.3, 0.4) is 0 Å². The minimum atomic E-state index is -0.709. The van der Waals surface area contributed by atoms with Gasteiger partial charge < -0.3 is 10.5 Å². The van der Waals surface area contributed by atoms with E-state index < -0.39 is 12.0 Å². The highest BCUT2D eigenvalue weighted by molar-refractivity contribution is 5.75. The van der Waals surface area contributed by atoms with E-state index in [-0.39, 0.29) is 6.04 Å². The molecule has 2 rings (SSSR count). The number of nitrogens with two attached hydrogens (primary N) is 1. The molecule has 1 heterocycles. The molecule has 0 radical (unpaired) electrons. The minimum Gasteiger partial charge on any atom is -0.468 e. The van der Waals surface area contributed by atoms with E-state index in [2.05, 4.69) is 14.8 Å². The molecule has 1 aromatic rings. The molecule has 1 aromatic heterocycles. The largest absolute Gasteiger partial charge is 0.468 e. The highest BCUT2D eigenvalue weighted by atomic mass is 16.5. The lowest BCUT2D eigenvalue weighted by Gasteiger charge is -2.17. The van der Waals surface area contributed by atoms with Gasteiger partial charge in [-0.05, 0) is 19.8 Å². The maximum Gasteiger partial charge on any atom is 0.324 e. The SMILES string of the molecule is COC(=O)C(N)C(C)n1cnc(C2CC2)n1. The third-order valence-electron chi connectivity index (χ3n) is 2.88. The van der Waals surface area contributed by atoms with Crippen molar-refractivity contribution in [2.24, 2.45) is 5.73 Å². The monoisotopic (exact) mass is 224 g/mol. The van der Waals surface area contributed by atoms with Crippen molar-refractivity contribution in [3.05, 3.63) is 12.2 Å². The van der Waals surface area contributed by atoms with Crippen molar-refractivity contribution in [3.63, 3.8) is 0 Å². The summed E-state index contributed by atoms with van der Waals surface area (Å²) in [5.41, 5.74) is 5.74. The van der Waals surface area contributed by atoms with E-state index in [0.717, 1.165) is 18.7 Å². The van der Waals surface area contributed by atoms with Gasteiger partial charge >= 0.3 is 5.97 Å². The summed E-state index contributed by atoms with van der Waals surface area (Å²) in [6.45, 7) is 1.83. The van der Waals surface area contributed by atoms with Gasteiger partial charge in [0.25, 0.3) is 0 Å². The van der Waals surface area contributed by atoms with Crippen molar-refractivity contribution in [1.82, 2.24) is 14.8 Å². The zero-order chi connectivity index (χ0) is 11.7. The van der Waals surface area contributed by atoms with Gasteiger partial charge in [0, 0.05) is 5.92 Å². The van der Waals surface area contributed by atoms with Crippen molar-refractivity contribution < 1.29 is 9.53 Å². The Kier molecular flexibility index (Phi) is 2.91. The second-order valence-corrected chi connectivity index (χ2v) is 4.15. The van der Waals surface area contributed by atoms with Gasteiger partial charge in [-0.25, -0.2) is 9.67 Å². The van der Waals surface area contributed by atoms with Crippen LogP contribution < -0.4 is 5.73 Å². The standard InChI is InChI=1S/C10H16N4O2/c1-6(8(11)10(15)16-2)14-5-12-9(13-14)7-3-4-7/h5-8H,3-4,11H2,1-2H3. The first-order valence-corrected chi connectivity index (χ1v) is 5.38. The van der Waals surface area contributed by atoms with Crippen molar-refractivity contribution in [2.45, 2.75) is 37.8 Å². The van der Waals surface area contributed by atoms with Gasteiger partial charge in [-0.3, -0.25) is 4.79 Å².